The van der Waals surface area contributed by atoms with Gasteiger partial charge >= 0.3 is 0 Å². The molecule has 0 bridgehead atoms. The van der Waals surface area contributed by atoms with E-state index in [0.29, 0.717) is 36.5 Å². The summed E-state index contributed by atoms with van der Waals surface area (Å²) in [5, 5.41) is 0.705. The van der Waals surface area contributed by atoms with E-state index in [1.54, 1.807) is 19.0 Å². The number of benzene rings is 1. The van der Waals surface area contributed by atoms with Gasteiger partial charge in [-0.05, 0) is 17.5 Å². The second-order valence-electron chi connectivity index (χ2n) is 7.03. The fourth-order valence-corrected chi connectivity index (χ4v) is 4.96. The third kappa shape index (κ3) is 3.12. The van der Waals surface area contributed by atoms with Crippen LogP contribution in [0.5, 0.6) is 0 Å². The van der Waals surface area contributed by atoms with E-state index in [0.717, 1.165) is 16.0 Å². The van der Waals surface area contributed by atoms with Gasteiger partial charge in [-0.25, -0.2) is 0 Å². The van der Waals surface area contributed by atoms with Crippen molar-refractivity contribution >= 4 is 34.1 Å². The summed E-state index contributed by atoms with van der Waals surface area (Å²) in [6, 6.07) is 9.71. The molecule has 0 N–H and O–H groups in total. The molecular weight excluding hydrogens is 362 g/mol. The molecule has 0 radical (unpaired) electrons. The number of rotatable bonds is 2. The molecule has 7 heteroatoms. The van der Waals surface area contributed by atoms with E-state index in [1.807, 2.05) is 35.2 Å². The molecule has 6 nitrogen and oxygen atoms in total. The standard InChI is InChI=1S/C20H21N3O3S/c1-21-12-17(25)22(2)20-18(19(21)26)14-8-9-23(11-15(14)27-20)16(24)10-13-6-4-3-5-7-13/h3-7H,8-12H2,1-2H3. The fraction of sp³-hybridized carbons (Fsp3) is 0.350. The highest BCUT2D eigenvalue weighted by Gasteiger charge is 2.36. The first-order valence-electron chi connectivity index (χ1n) is 8.94. The Morgan fingerprint density at radius 3 is 2.59 bits per heavy atom. The summed E-state index contributed by atoms with van der Waals surface area (Å²) in [6.07, 6.45) is 1.02. The maximum absolute atomic E-state index is 12.8. The van der Waals surface area contributed by atoms with Gasteiger partial charge in [-0.1, -0.05) is 30.3 Å². The number of amides is 3. The van der Waals surface area contributed by atoms with Crippen molar-refractivity contribution in [1.82, 2.24) is 9.80 Å². The molecule has 0 atom stereocenters. The lowest BCUT2D eigenvalue weighted by Gasteiger charge is -2.27. The molecule has 2 aromatic rings. The van der Waals surface area contributed by atoms with Crippen LogP contribution < -0.4 is 4.90 Å². The Kier molecular flexibility index (Phi) is 4.47. The van der Waals surface area contributed by atoms with Gasteiger partial charge in [-0.3, -0.25) is 14.4 Å². The van der Waals surface area contributed by atoms with Gasteiger partial charge in [0.25, 0.3) is 5.91 Å². The van der Waals surface area contributed by atoms with Crippen LogP contribution in [0.4, 0.5) is 5.00 Å². The number of hydrogen-bond acceptors (Lipinski definition) is 4. The largest absolute Gasteiger partial charge is 0.337 e. The normalized spacial score (nSPS) is 16.9. The van der Waals surface area contributed by atoms with Gasteiger partial charge < -0.3 is 14.7 Å². The molecule has 3 heterocycles. The molecule has 2 aliphatic rings. The highest BCUT2D eigenvalue weighted by molar-refractivity contribution is 7.17. The molecule has 0 fully saturated rings. The third-order valence-electron chi connectivity index (χ3n) is 5.20. The molecular formula is C20H21N3O3S. The Morgan fingerprint density at radius 1 is 1.11 bits per heavy atom. The van der Waals surface area contributed by atoms with E-state index in [9.17, 15) is 14.4 Å². The molecule has 1 aromatic carbocycles. The lowest BCUT2D eigenvalue weighted by molar-refractivity contribution is -0.131. The fourth-order valence-electron chi connectivity index (χ4n) is 3.63. The summed E-state index contributed by atoms with van der Waals surface area (Å²) in [5.41, 5.74) is 2.63. The molecule has 2 aliphatic heterocycles. The number of nitrogens with zero attached hydrogens (tertiary/aromatic N) is 3. The van der Waals surface area contributed by atoms with E-state index in [4.69, 9.17) is 0 Å². The smallest absolute Gasteiger partial charge is 0.257 e. The zero-order valence-corrected chi connectivity index (χ0v) is 16.2. The maximum Gasteiger partial charge on any atom is 0.257 e. The van der Waals surface area contributed by atoms with Crippen molar-refractivity contribution in [2.24, 2.45) is 0 Å². The Labute approximate surface area is 162 Å². The predicted octanol–water partition coefficient (Wildman–Crippen LogP) is 1.92. The van der Waals surface area contributed by atoms with Crippen LogP contribution in [0.2, 0.25) is 0 Å². The predicted molar refractivity (Wildman–Crippen MR) is 104 cm³/mol. The lowest BCUT2D eigenvalue weighted by atomic mass is 10.0. The average Bonchev–Trinajstić information content (AvgIpc) is 3.02. The Morgan fingerprint density at radius 2 is 1.85 bits per heavy atom. The van der Waals surface area contributed by atoms with E-state index in [1.165, 1.54) is 16.2 Å². The van der Waals surface area contributed by atoms with Gasteiger partial charge in [0, 0.05) is 25.5 Å². The minimum absolute atomic E-state index is 0.0864. The summed E-state index contributed by atoms with van der Waals surface area (Å²) >= 11 is 1.46. The van der Waals surface area contributed by atoms with Crippen molar-refractivity contribution < 1.29 is 14.4 Å². The highest BCUT2D eigenvalue weighted by Crippen LogP contribution is 2.40. The quantitative estimate of drug-likeness (QED) is 0.796. The van der Waals surface area contributed by atoms with Crippen molar-refractivity contribution in [3.63, 3.8) is 0 Å². The molecule has 27 heavy (non-hydrogen) atoms. The van der Waals surface area contributed by atoms with Gasteiger partial charge in [0.1, 0.15) is 11.5 Å². The number of thiophene rings is 1. The van der Waals surface area contributed by atoms with Crippen LogP contribution in [0.15, 0.2) is 30.3 Å². The van der Waals surface area contributed by atoms with Crippen molar-refractivity contribution in [1.29, 1.82) is 0 Å². The SMILES string of the molecule is CN1CC(=O)N(C)c2sc3c(c2C1=O)CCN(C(=O)Cc1ccccc1)C3. The zero-order chi connectivity index (χ0) is 19.1. The maximum atomic E-state index is 12.8. The van der Waals surface area contributed by atoms with E-state index in [-0.39, 0.29) is 24.3 Å². The molecule has 0 unspecified atom stereocenters. The summed E-state index contributed by atoms with van der Waals surface area (Å²) in [6.45, 7) is 1.18. The van der Waals surface area contributed by atoms with Crippen LogP contribution >= 0.6 is 11.3 Å². The number of hydrogen-bond donors (Lipinski definition) is 0. The molecule has 3 amide bonds. The number of anilines is 1. The van der Waals surface area contributed by atoms with E-state index in [2.05, 4.69) is 0 Å². The second-order valence-corrected chi connectivity index (χ2v) is 8.11. The average molecular weight is 383 g/mol. The first-order valence-corrected chi connectivity index (χ1v) is 9.75. The zero-order valence-electron chi connectivity index (χ0n) is 15.4. The van der Waals surface area contributed by atoms with Gasteiger partial charge in [-0.2, -0.15) is 0 Å². The van der Waals surface area contributed by atoms with Gasteiger partial charge in [0.2, 0.25) is 11.8 Å². The molecule has 0 saturated heterocycles. The van der Waals surface area contributed by atoms with Crippen LogP contribution in [-0.2, 0) is 29.0 Å². The van der Waals surface area contributed by atoms with Crippen molar-refractivity contribution in [3.05, 3.63) is 51.9 Å². The molecule has 140 valence electrons. The number of likely N-dealkylation sites (N-methyl/N-ethyl adjacent to an activating group) is 2. The summed E-state index contributed by atoms with van der Waals surface area (Å²) in [7, 11) is 3.37. The van der Waals surface area contributed by atoms with Crippen LogP contribution in [0.25, 0.3) is 0 Å². The lowest BCUT2D eigenvalue weighted by Crippen LogP contribution is -2.37. The minimum atomic E-state index is -0.107. The number of carbonyl (C=O) groups is 3. The summed E-state index contributed by atoms with van der Waals surface area (Å²) in [4.78, 5) is 43.7. The van der Waals surface area contributed by atoms with E-state index >= 15 is 0 Å². The Balaban J connectivity index is 1.60. The summed E-state index contributed by atoms with van der Waals surface area (Å²) < 4.78 is 0. The number of fused-ring (bicyclic) bond motifs is 3. The first-order chi connectivity index (χ1) is 13.0. The highest BCUT2D eigenvalue weighted by atomic mass is 32.1. The van der Waals surface area contributed by atoms with Crippen molar-refractivity contribution in [2.75, 3.05) is 32.1 Å². The van der Waals surface area contributed by atoms with Crippen LogP contribution in [0, 0.1) is 0 Å². The Hall–Kier alpha value is -2.67. The summed E-state index contributed by atoms with van der Waals surface area (Å²) in [5.74, 6) is -0.118. The first kappa shape index (κ1) is 17.7. The monoisotopic (exact) mass is 383 g/mol. The van der Waals surface area contributed by atoms with Gasteiger partial charge in [-0.15, -0.1) is 11.3 Å². The van der Waals surface area contributed by atoms with Crippen LogP contribution in [-0.4, -0.2) is 54.7 Å². The van der Waals surface area contributed by atoms with Gasteiger partial charge in [0.15, 0.2) is 0 Å². The van der Waals surface area contributed by atoms with Crippen molar-refractivity contribution in [3.8, 4) is 0 Å². The van der Waals surface area contributed by atoms with Crippen molar-refractivity contribution in [2.45, 2.75) is 19.4 Å². The number of carbonyl (C=O) groups excluding carboxylic acids is 3. The molecule has 4 rings (SSSR count). The molecule has 0 aliphatic carbocycles. The molecule has 0 saturated carbocycles. The molecule has 1 aromatic heterocycles. The third-order valence-corrected chi connectivity index (χ3v) is 6.49. The van der Waals surface area contributed by atoms with E-state index < -0.39 is 0 Å². The minimum Gasteiger partial charge on any atom is -0.337 e. The van der Waals surface area contributed by atoms with Crippen LogP contribution in [0.1, 0.15) is 26.4 Å². The topological polar surface area (TPSA) is 60.9 Å². The van der Waals surface area contributed by atoms with Gasteiger partial charge in [0.05, 0.1) is 18.5 Å². The second kappa shape index (κ2) is 6.81. The van der Waals surface area contributed by atoms with Crippen LogP contribution in [0.3, 0.4) is 0 Å². The Bertz CT molecular complexity index is 922. The molecule has 0 spiro atoms.